The van der Waals surface area contributed by atoms with Crippen molar-refractivity contribution in [3.05, 3.63) is 64.7 Å². The van der Waals surface area contributed by atoms with Gasteiger partial charge < -0.3 is 25.1 Å². The van der Waals surface area contributed by atoms with Crippen LogP contribution in [-0.4, -0.2) is 81.1 Å². The van der Waals surface area contributed by atoms with Crippen molar-refractivity contribution in [2.75, 3.05) is 13.1 Å². The molecule has 2 unspecified atom stereocenters. The van der Waals surface area contributed by atoms with Crippen molar-refractivity contribution >= 4 is 35.9 Å². The van der Waals surface area contributed by atoms with E-state index >= 15 is 0 Å². The first-order chi connectivity index (χ1) is 22.8. The molecule has 7 nitrogen and oxygen atoms in total. The quantitative estimate of drug-likeness (QED) is 0.262. The van der Waals surface area contributed by atoms with Crippen LogP contribution in [0.2, 0.25) is 5.02 Å². The van der Waals surface area contributed by atoms with Gasteiger partial charge in [-0.15, -0.1) is 12.4 Å². The van der Waals surface area contributed by atoms with Crippen LogP contribution in [0.1, 0.15) is 114 Å². The second kappa shape index (κ2) is 17.0. The molecule has 0 radical (unpaired) electrons. The molecule has 2 aromatic carbocycles. The number of nitrogens with one attached hydrogen (secondary N) is 1. The number of benzene rings is 2. The van der Waals surface area contributed by atoms with Crippen LogP contribution < -0.4 is 5.32 Å². The summed E-state index contributed by atoms with van der Waals surface area (Å²) in [6.45, 7) is 5.63. The van der Waals surface area contributed by atoms with Gasteiger partial charge in [-0.1, -0.05) is 55.1 Å². The van der Waals surface area contributed by atoms with Crippen LogP contribution in [0.25, 0.3) is 0 Å². The number of rotatable bonds is 10. The van der Waals surface area contributed by atoms with Gasteiger partial charge in [0.05, 0.1) is 6.04 Å². The Kier molecular flexibility index (Phi) is 13.0. The van der Waals surface area contributed by atoms with Crippen LogP contribution in [0.3, 0.4) is 0 Å². The zero-order valence-corrected chi connectivity index (χ0v) is 30.4. The van der Waals surface area contributed by atoms with Crippen molar-refractivity contribution in [3.8, 4) is 5.75 Å². The number of phenols is 1. The number of nitrogens with zero attached hydrogens (tertiary/aromatic N) is 3. The summed E-state index contributed by atoms with van der Waals surface area (Å²) in [6.07, 6.45) is 14.5. The summed E-state index contributed by atoms with van der Waals surface area (Å²) in [6, 6.07) is 16.7. The van der Waals surface area contributed by atoms with Gasteiger partial charge in [-0.25, -0.2) is 4.79 Å². The number of halogens is 2. The lowest BCUT2D eigenvalue weighted by atomic mass is 9.81. The van der Waals surface area contributed by atoms with E-state index in [1.165, 1.54) is 24.8 Å². The molecule has 3 amide bonds. The predicted molar refractivity (Wildman–Crippen MR) is 196 cm³/mol. The molecule has 4 aliphatic rings. The Labute approximate surface area is 299 Å². The van der Waals surface area contributed by atoms with Crippen LogP contribution in [0.15, 0.2) is 48.5 Å². The number of fused-ring (bicyclic) bond motifs is 2. The molecule has 9 heteroatoms. The molecule has 2 heterocycles. The summed E-state index contributed by atoms with van der Waals surface area (Å²) < 4.78 is 0. The molecule has 2 aliphatic heterocycles. The zero-order valence-electron chi connectivity index (χ0n) is 28.9. The number of urea groups is 1. The third kappa shape index (κ3) is 8.45. The lowest BCUT2D eigenvalue weighted by Crippen LogP contribution is -2.61. The lowest BCUT2D eigenvalue weighted by Gasteiger charge is -2.48. The van der Waals surface area contributed by atoms with Gasteiger partial charge in [0.2, 0.25) is 5.91 Å². The van der Waals surface area contributed by atoms with Crippen molar-refractivity contribution in [3.63, 3.8) is 0 Å². The maximum atomic E-state index is 14.7. The third-order valence-electron chi connectivity index (χ3n) is 11.8. The van der Waals surface area contributed by atoms with Crippen LogP contribution in [0, 0.1) is 0 Å². The van der Waals surface area contributed by atoms with Crippen molar-refractivity contribution in [1.29, 1.82) is 0 Å². The third-order valence-corrected chi connectivity index (χ3v) is 12.0. The highest BCUT2D eigenvalue weighted by Gasteiger charge is 2.48. The van der Waals surface area contributed by atoms with Gasteiger partial charge in [0, 0.05) is 48.3 Å². The van der Waals surface area contributed by atoms with Gasteiger partial charge in [0.25, 0.3) is 0 Å². The first kappa shape index (κ1) is 36.8. The van der Waals surface area contributed by atoms with Gasteiger partial charge in [0.15, 0.2) is 0 Å². The second-order valence-electron chi connectivity index (χ2n) is 14.6. The molecule has 6 rings (SSSR count). The van der Waals surface area contributed by atoms with E-state index < -0.39 is 0 Å². The van der Waals surface area contributed by atoms with Gasteiger partial charge >= 0.3 is 6.03 Å². The highest BCUT2D eigenvalue weighted by atomic mass is 35.5. The molecule has 48 heavy (non-hydrogen) atoms. The number of hydrogen-bond acceptors (Lipinski definition) is 4. The van der Waals surface area contributed by atoms with Gasteiger partial charge in [-0.2, -0.15) is 0 Å². The maximum Gasteiger partial charge on any atom is 0.320 e. The van der Waals surface area contributed by atoms with E-state index in [-0.39, 0.29) is 54.6 Å². The predicted octanol–water partition coefficient (Wildman–Crippen LogP) is 8.31. The van der Waals surface area contributed by atoms with Gasteiger partial charge in [-0.3, -0.25) is 4.79 Å². The smallest absolute Gasteiger partial charge is 0.320 e. The molecule has 2 bridgehead atoms. The van der Waals surface area contributed by atoms with Crippen LogP contribution in [0.4, 0.5) is 4.79 Å². The standard InChI is InChI=1S/C39H55ClN4O3.ClH/c1-3-42(4-2)39(47)44(32-8-6-5-7-9-32)35-25-33-20-21-34(26-35)43(33)38(46)37(24-27-10-16-30(40)17-11-27)41-31-18-12-28(13-19-31)29-14-22-36(45)23-15-29;/h10-11,14-17,22-23,28,31-35,37,41,45H,3-9,12-13,18-21,24-26H2,1-2H3;1H/t28?,31?,33?,34?,35?,37-;/m1./s1. The van der Waals surface area contributed by atoms with Crippen molar-refractivity contribution in [2.24, 2.45) is 0 Å². The topological polar surface area (TPSA) is 76.1 Å². The van der Waals surface area contributed by atoms with E-state index in [1.807, 2.05) is 41.3 Å². The molecule has 0 spiro atoms. The molecule has 2 N–H and O–H groups in total. The molecule has 2 saturated carbocycles. The molecule has 2 aliphatic carbocycles. The maximum absolute atomic E-state index is 14.7. The normalized spacial score (nSPS) is 26.4. The molecule has 2 saturated heterocycles. The summed E-state index contributed by atoms with van der Waals surface area (Å²) >= 11 is 6.23. The molecule has 0 aromatic heterocycles. The minimum atomic E-state index is -0.294. The highest BCUT2D eigenvalue weighted by Crippen LogP contribution is 2.41. The number of hydrogen-bond donors (Lipinski definition) is 2. The minimum absolute atomic E-state index is 0. The van der Waals surface area contributed by atoms with E-state index in [9.17, 15) is 14.7 Å². The molecular formula is C39H56Cl2N4O3. The summed E-state index contributed by atoms with van der Waals surface area (Å²) in [5.41, 5.74) is 2.41. The number of phenolic OH excluding ortho intramolecular Hbond substituents is 1. The van der Waals surface area contributed by atoms with Crippen molar-refractivity contribution < 1.29 is 14.7 Å². The fourth-order valence-electron chi connectivity index (χ4n) is 9.24. The Hall–Kier alpha value is -2.48. The number of carbonyl (C=O) groups excluding carboxylic acids is 2. The Bertz CT molecular complexity index is 1310. The zero-order chi connectivity index (χ0) is 32.9. The first-order valence-corrected chi connectivity index (χ1v) is 18.9. The minimum Gasteiger partial charge on any atom is -0.508 e. The fraction of sp³-hybridized carbons (Fsp3) is 0.641. The SMILES string of the molecule is CCN(CC)C(=O)N(C1CCCCC1)C1CC2CCC(C1)N2C(=O)[C@@H](Cc1ccc(Cl)cc1)NC1CCC(c2ccc(O)cc2)CC1.Cl. The Morgan fingerprint density at radius 2 is 1.44 bits per heavy atom. The van der Waals surface area contributed by atoms with Gasteiger partial charge in [0.1, 0.15) is 5.75 Å². The van der Waals surface area contributed by atoms with E-state index in [1.54, 1.807) is 12.1 Å². The number of amides is 3. The van der Waals surface area contributed by atoms with E-state index in [2.05, 4.69) is 29.0 Å². The molecule has 2 aromatic rings. The highest BCUT2D eigenvalue weighted by molar-refractivity contribution is 6.30. The Morgan fingerprint density at radius 3 is 2.02 bits per heavy atom. The molecule has 3 atom stereocenters. The van der Waals surface area contributed by atoms with E-state index in [4.69, 9.17) is 11.6 Å². The number of carbonyl (C=O) groups is 2. The number of aromatic hydroxyl groups is 1. The average Bonchev–Trinajstić information content (AvgIpc) is 3.36. The molecule has 264 valence electrons. The monoisotopic (exact) mass is 698 g/mol. The van der Waals surface area contributed by atoms with Gasteiger partial charge in [-0.05, 0) is 126 Å². The van der Waals surface area contributed by atoms with Crippen LogP contribution in [0.5, 0.6) is 5.75 Å². The lowest BCUT2D eigenvalue weighted by molar-refractivity contribution is -0.139. The molecule has 4 fully saturated rings. The van der Waals surface area contributed by atoms with Crippen molar-refractivity contribution in [2.45, 2.75) is 146 Å². The summed E-state index contributed by atoms with van der Waals surface area (Å²) in [4.78, 5) is 35.2. The first-order valence-electron chi connectivity index (χ1n) is 18.5. The van der Waals surface area contributed by atoms with Crippen LogP contribution in [-0.2, 0) is 11.2 Å². The van der Waals surface area contributed by atoms with Crippen LogP contribution >= 0.6 is 24.0 Å². The van der Waals surface area contributed by atoms with Crippen molar-refractivity contribution in [1.82, 2.24) is 20.0 Å². The second-order valence-corrected chi connectivity index (χ2v) is 15.0. The van der Waals surface area contributed by atoms with E-state index in [0.29, 0.717) is 29.2 Å². The summed E-state index contributed by atoms with van der Waals surface area (Å²) in [7, 11) is 0. The average molecular weight is 700 g/mol. The van der Waals surface area contributed by atoms with E-state index in [0.717, 1.165) is 82.9 Å². The summed E-state index contributed by atoms with van der Waals surface area (Å²) in [5.74, 6) is 1.02. The Morgan fingerprint density at radius 1 is 0.833 bits per heavy atom. The fourth-order valence-corrected chi connectivity index (χ4v) is 9.37. The molecular weight excluding hydrogens is 643 g/mol. The Balaban J connectivity index is 0.00000451. The number of piperidine rings is 1. The largest absolute Gasteiger partial charge is 0.508 e. The summed E-state index contributed by atoms with van der Waals surface area (Å²) in [5, 5.41) is 14.3.